The largest absolute Gasteiger partial charge is 0.415 e. The Kier molecular flexibility index (Phi) is 2.47. The fourth-order valence-electron chi connectivity index (χ4n) is 2.74. The van der Waals surface area contributed by atoms with Crippen LogP contribution in [-0.2, 0) is 7.05 Å². The number of fused-ring (bicyclic) bond motifs is 1. The third-order valence-electron chi connectivity index (χ3n) is 4.16. The number of hydrogen-bond donors (Lipinski definition) is 0. The van der Waals surface area contributed by atoms with Crippen molar-refractivity contribution in [2.75, 3.05) is 0 Å². The zero-order valence-electron chi connectivity index (χ0n) is 12.4. The summed E-state index contributed by atoms with van der Waals surface area (Å²) in [6, 6.07) is 5.84. The van der Waals surface area contributed by atoms with E-state index in [0.29, 0.717) is 23.4 Å². The minimum atomic E-state index is 0.443. The molecule has 4 heterocycles. The normalized spacial score (nSPS) is 14.7. The Morgan fingerprint density at radius 2 is 2.09 bits per heavy atom. The number of aryl methyl sites for hydroxylation is 1. The third kappa shape index (κ3) is 1.97. The van der Waals surface area contributed by atoms with E-state index in [0.717, 1.165) is 35.2 Å². The van der Waals surface area contributed by atoms with Gasteiger partial charge in [-0.05, 0) is 31.0 Å². The monoisotopic (exact) mass is 307 g/mol. The van der Waals surface area contributed by atoms with E-state index in [1.165, 1.54) is 0 Å². The molecule has 1 fully saturated rings. The lowest BCUT2D eigenvalue weighted by Crippen LogP contribution is -1.88. The molecule has 7 nitrogen and oxygen atoms in total. The molecule has 0 unspecified atom stereocenters. The average Bonchev–Trinajstić information content (AvgIpc) is 2.99. The van der Waals surface area contributed by atoms with E-state index in [2.05, 4.69) is 20.3 Å². The molecule has 1 aliphatic rings. The lowest BCUT2D eigenvalue weighted by molar-refractivity contribution is 0.439. The highest BCUT2D eigenvalue weighted by atomic mass is 16.5. The van der Waals surface area contributed by atoms with Crippen molar-refractivity contribution in [2.24, 2.45) is 7.05 Å². The van der Waals surface area contributed by atoms with Gasteiger partial charge in [-0.2, -0.15) is 0 Å². The van der Waals surface area contributed by atoms with Gasteiger partial charge in [0, 0.05) is 25.4 Å². The van der Waals surface area contributed by atoms with E-state index < -0.39 is 0 Å². The second-order valence-electron chi connectivity index (χ2n) is 5.84. The highest BCUT2D eigenvalue weighted by molar-refractivity contribution is 5.81. The zero-order chi connectivity index (χ0) is 15.4. The summed E-state index contributed by atoms with van der Waals surface area (Å²) in [7, 11) is 1.94. The van der Waals surface area contributed by atoms with Crippen LogP contribution in [0.1, 0.15) is 24.5 Å². The van der Waals surface area contributed by atoms with Crippen molar-refractivity contribution in [3.8, 4) is 23.0 Å². The van der Waals surface area contributed by atoms with Crippen LogP contribution < -0.4 is 0 Å². The lowest BCUT2D eigenvalue weighted by Gasteiger charge is -1.97. The molecule has 0 bridgehead atoms. The van der Waals surface area contributed by atoms with E-state index >= 15 is 0 Å². The van der Waals surface area contributed by atoms with Gasteiger partial charge < -0.3 is 13.5 Å². The molecule has 4 aromatic heterocycles. The van der Waals surface area contributed by atoms with E-state index in [-0.39, 0.29) is 0 Å². The van der Waals surface area contributed by atoms with Gasteiger partial charge in [-0.3, -0.25) is 0 Å². The van der Waals surface area contributed by atoms with Crippen molar-refractivity contribution in [3.63, 3.8) is 0 Å². The van der Waals surface area contributed by atoms with Crippen molar-refractivity contribution in [1.29, 1.82) is 0 Å². The van der Waals surface area contributed by atoms with Crippen LogP contribution in [0.15, 0.2) is 39.5 Å². The number of aromatic nitrogens is 5. The van der Waals surface area contributed by atoms with Crippen LogP contribution in [-0.4, -0.2) is 24.9 Å². The maximum absolute atomic E-state index is 5.80. The van der Waals surface area contributed by atoms with Gasteiger partial charge in [0.15, 0.2) is 0 Å². The van der Waals surface area contributed by atoms with Crippen LogP contribution in [0.3, 0.4) is 0 Å². The molecule has 0 N–H and O–H groups in total. The number of nitrogens with zero attached hydrogens (tertiary/aromatic N) is 5. The van der Waals surface area contributed by atoms with Gasteiger partial charge >= 0.3 is 0 Å². The smallest absolute Gasteiger partial charge is 0.264 e. The fraction of sp³-hybridized carbons (Fsp3) is 0.250. The maximum Gasteiger partial charge on any atom is 0.264 e. The first-order valence-corrected chi connectivity index (χ1v) is 7.50. The van der Waals surface area contributed by atoms with Crippen LogP contribution in [0.5, 0.6) is 0 Å². The Morgan fingerprint density at radius 3 is 2.87 bits per heavy atom. The number of rotatable bonds is 3. The van der Waals surface area contributed by atoms with Crippen LogP contribution >= 0.6 is 0 Å². The van der Waals surface area contributed by atoms with Crippen molar-refractivity contribution in [3.05, 3.63) is 36.3 Å². The second-order valence-corrected chi connectivity index (χ2v) is 5.84. The topological polar surface area (TPSA) is 82.8 Å². The summed E-state index contributed by atoms with van der Waals surface area (Å²) in [5, 5.41) is 13.3. The van der Waals surface area contributed by atoms with Gasteiger partial charge in [0.2, 0.25) is 5.89 Å². The van der Waals surface area contributed by atoms with E-state index in [1.807, 2.05) is 36.0 Å². The van der Waals surface area contributed by atoms with Gasteiger partial charge in [0.05, 0.1) is 16.6 Å². The molecule has 0 atom stereocenters. The Balaban J connectivity index is 1.59. The van der Waals surface area contributed by atoms with Gasteiger partial charge in [-0.15, -0.1) is 10.2 Å². The third-order valence-corrected chi connectivity index (χ3v) is 4.16. The summed E-state index contributed by atoms with van der Waals surface area (Å²) >= 11 is 0. The van der Waals surface area contributed by atoms with Crippen molar-refractivity contribution < 1.29 is 8.94 Å². The first-order chi connectivity index (χ1) is 11.3. The summed E-state index contributed by atoms with van der Waals surface area (Å²) in [4.78, 5) is 4.32. The highest BCUT2D eigenvalue weighted by Crippen LogP contribution is 2.42. The molecule has 1 aliphatic carbocycles. The molecule has 1 saturated carbocycles. The molecule has 23 heavy (non-hydrogen) atoms. The second kappa shape index (κ2) is 4.52. The van der Waals surface area contributed by atoms with Gasteiger partial charge in [0.1, 0.15) is 5.69 Å². The minimum absolute atomic E-state index is 0.443. The minimum Gasteiger partial charge on any atom is -0.415 e. The molecule has 0 aliphatic heterocycles. The predicted molar refractivity (Wildman–Crippen MR) is 81.5 cm³/mol. The Bertz CT molecular complexity index is 1010. The van der Waals surface area contributed by atoms with Gasteiger partial charge in [0.25, 0.3) is 11.6 Å². The average molecular weight is 307 g/mol. The van der Waals surface area contributed by atoms with E-state index in [9.17, 15) is 0 Å². The lowest BCUT2D eigenvalue weighted by atomic mass is 10.1. The summed E-state index contributed by atoms with van der Waals surface area (Å²) in [6.45, 7) is 0. The molecule has 7 heteroatoms. The molecule has 114 valence electrons. The van der Waals surface area contributed by atoms with E-state index in [4.69, 9.17) is 8.94 Å². The molecule has 0 aromatic carbocycles. The van der Waals surface area contributed by atoms with Gasteiger partial charge in [-0.25, -0.2) is 4.98 Å². The summed E-state index contributed by atoms with van der Waals surface area (Å²) in [6.07, 6.45) is 5.92. The molecule has 0 saturated heterocycles. The van der Waals surface area contributed by atoms with Crippen molar-refractivity contribution in [2.45, 2.75) is 18.8 Å². The van der Waals surface area contributed by atoms with Crippen LogP contribution in [0.25, 0.3) is 34.1 Å². The number of pyridine rings is 1. The van der Waals surface area contributed by atoms with Crippen LogP contribution in [0.4, 0.5) is 0 Å². The maximum atomic E-state index is 5.80. The summed E-state index contributed by atoms with van der Waals surface area (Å²) < 4.78 is 13.0. The predicted octanol–water partition coefficient (Wildman–Crippen LogP) is 3.16. The highest BCUT2D eigenvalue weighted by Gasteiger charge is 2.29. The summed E-state index contributed by atoms with van der Waals surface area (Å²) in [5.74, 6) is 1.42. The van der Waals surface area contributed by atoms with Crippen molar-refractivity contribution in [1.82, 2.24) is 24.9 Å². The quantitative estimate of drug-likeness (QED) is 0.578. The first-order valence-electron chi connectivity index (χ1n) is 7.50. The van der Waals surface area contributed by atoms with E-state index in [1.54, 1.807) is 6.20 Å². The molecular weight excluding hydrogens is 294 g/mol. The standard InChI is InChI=1S/C16H13N5O2/c1-21-6-2-3-12(21)16-19-18-14(22-16)10-7-11-13(9-4-5-9)20-23-15(11)17-8-10/h2-3,6-9H,4-5H2,1H3. The zero-order valence-corrected chi connectivity index (χ0v) is 12.4. The molecule has 5 rings (SSSR count). The number of hydrogen-bond acceptors (Lipinski definition) is 6. The Morgan fingerprint density at radius 1 is 1.22 bits per heavy atom. The first kappa shape index (κ1) is 12.6. The Hall–Kier alpha value is -2.96. The van der Waals surface area contributed by atoms with Crippen LogP contribution in [0, 0.1) is 0 Å². The molecule has 4 aromatic rings. The van der Waals surface area contributed by atoms with Crippen LogP contribution in [0.2, 0.25) is 0 Å². The van der Waals surface area contributed by atoms with Crippen molar-refractivity contribution >= 4 is 11.1 Å². The molecule has 0 amide bonds. The molecular formula is C16H13N5O2. The fourth-order valence-corrected chi connectivity index (χ4v) is 2.74. The summed E-state index contributed by atoms with van der Waals surface area (Å²) in [5.41, 5.74) is 3.19. The SMILES string of the molecule is Cn1cccc1-c1nnc(-c2cnc3onc(C4CC4)c3c2)o1. The molecule has 0 spiro atoms. The van der Waals surface area contributed by atoms with Gasteiger partial charge in [-0.1, -0.05) is 5.16 Å². The Labute approximate surface area is 130 Å². The molecule has 0 radical (unpaired) electrons.